The highest BCUT2D eigenvalue weighted by atomic mass is 35.5. The molecule has 0 spiro atoms. The first-order chi connectivity index (χ1) is 15.8. The van der Waals surface area contributed by atoms with Crippen molar-refractivity contribution in [1.29, 1.82) is 0 Å². The number of ether oxygens (including phenoxy) is 1. The van der Waals surface area contributed by atoms with Gasteiger partial charge in [0.25, 0.3) is 5.91 Å². The molecule has 11 nitrogen and oxygen atoms in total. The number of nitrogens with one attached hydrogen (secondary N) is 2. The van der Waals surface area contributed by atoms with Crippen LogP contribution in [0.4, 0.5) is 5.82 Å². The number of carboxylic acids is 2. The summed E-state index contributed by atoms with van der Waals surface area (Å²) in [4.78, 5) is 39.0. The molecule has 12 heteroatoms. The Hall–Kier alpha value is -4.38. The number of benzene rings is 2. The number of fused-ring (bicyclic) bond motifs is 1. The smallest absolute Gasteiger partial charge is 0.341 e. The Bertz CT molecular complexity index is 1380. The van der Waals surface area contributed by atoms with E-state index in [0.717, 1.165) is 0 Å². The van der Waals surface area contributed by atoms with Crippen molar-refractivity contribution in [3.05, 3.63) is 59.1 Å². The number of imidazole rings is 1. The Balaban J connectivity index is 1.55. The van der Waals surface area contributed by atoms with Gasteiger partial charge in [-0.1, -0.05) is 23.7 Å². The molecule has 0 saturated carbocycles. The maximum Gasteiger partial charge on any atom is 0.341 e. The number of rotatable bonds is 8. The topological polar surface area (TPSA) is 159 Å². The average molecular weight is 470 g/mol. The normalized spacial score (nSPS) is 10.8. The summed E-state index contributed by atoms with van der Waals surface area (Å²) >= 11 is 6.06. The number of nitrogens with zero attached hydrogens (tertiary/aromatic N) is 3. The van der Waals surface area contributed by atoms with Gasteiger partial charge in [0.1, 0.15) is 18.0 Å². The second-order valence-electron chi connectivity index (χ2n) is 6.85. The van der Waals surface area contributed by atoms with E-state index in [4.69, 9.17) is 21.4 Å². The fourth-order valence-electron chi connectivity index (χ4n) is 3.16. The minimum atomic E-state index is -1.15. The monoisotopic (exact) mass is 469 g/mol. The number of H-pyrrole nitrogens is 1. The van der Waals surface area contributed by atoms with Crippen molar-refractivity contribution in [2.45, 2.75) is 6.54 Å². The highest BCUT2D eigenvalue weighted by Gasteiger charge is 2.18. The van der Waals surface area contributed by atoms with Crippen molar-refractivity contribution in [2.24, 2.45) is 0 Å². The minimum Gasteiger partial charge on any atom is -0.480 e. The first kappa shape index (κ1) is 21.8. The number of para-hydroxylation sites is 2. The summed E-state index contributed by atoms with van der Waals surface area (Å²) in [6.07, 6.45) is 0. The summed E-state index contributed by atoms with van der Waals surface area (Å²) in [7, 11) is 0. The summed E-state index contributed by atoms with van der Waals surface area (Å²) in [5.41, 5.74) is 1.88. The summed E-state index contributed by atoms with van der Waals surface area (Å²) in [5.74, 6) is -2.02. The lowest BCUT2D eigenvalue weighted by atomic mass is 10.2. The minimum absolute atomic E-state index is 0.0778. The fraction of sp³-hybridized carbons (Fsp3) is 0.0952. The Morgan fingerprint density at radius 2 is 1.88 bits per heavy atom. The molecule has 4 rings (SSSR count). The molecule has 4 aromatic rings. The van der Waals surface area contributed by atoms with Gasteiger partial charge < -0.3 is 24.8 Å². The van der Waals surface area contributed by atoms with Crippen molar-refractivity contribution >= 4 is 46.3 Å². The van der Waals surface area contributed by atoms with Gasteiger partial charge in [0.15, 0.2) is 18.2 Å². The van der Waals surface area contributed by atoms with E-state index >= 15 is 0 Å². The van der Waals surface area contributed by atoms with Gasteiger partial charge in [-0.3, -0.25) is 14.7 Å². The van der Waals surface area contributed by atoms with Crippen LogP contribution in [0.15, 0.2) is 48.5 Å². The molecule has 2 heterocycles. The number of anilines is 1. The number of hydrogen-bond donors (Lipinski definition) is 4. The van der Waals surface area contributed by atoms with Crippen LogP contribution in [-0.2, 0) is 16.1 Å². The molecule has 2 aromatic heterocycles. The molecular weight excluding hydrogens is 454 g/mol. The predicted molar refractivity (Wildman–Crippen MR) is 117 cm³/mol. The quantitative estimate of drug-likeness (QED) is 0.306. The molecule has 0 fully saturated rings. The second-order valence-corrected chi connectivity index (χ2v) is 7.26. The van der Waals surface area contributed by atoms with Crippen LogP contribution in [0, 0.1) is 0 Å². The third-order valence-corrected chi connectivity index (χ3v) is 4.85. The third-order valence-electron chi connectivity index (χ3n) is 4.55. The molecule has 0 atom stereocenters. The lowest BCUT2D eigenvalue weighted by molar-refractivity contribution is -0.139. The lowest BCUT2D eigenvalue weighted by Gasteiger charge is -2.07. The number of halogens is 1. The zero-order chi connectivity index (χ0) is 23.5. The zero-order valence-electron chi connectivity index (χ0n) is 16.8. The van der Waals surface area contributed by atoms with Crippen molar-refractivity contribution in [3.8, 4) is 17.3 Å². The van der Waals surface area contributed by atoms with Gasteiger partial charge in [-0.25, -0.2) is 9.78 Å². The molecule has 0 radical (unpaired) electrons. The molecule has 2 aromatic carbocycles. The highest BCUT2D eigenvalue weighted by Crippen LogP contribution is 2.27. The molecule has 4 N–H and O–H groups in total. The molecule has 0 bridgehead atoms. The number of amides is 1. The van der Waals surface area contributed by atoms with E-state index in [-0.39, 0.29) is 28.7 Å². The Morgan fingerprint density at radius 3 is 2.61 bits per heavy atom. The van der Waals surface area contributed by atoms with Crippen LogP contribution in [0.5, 0.6) is 5.75 Å². The first-order valence-corrected chi connectivity index (χ1v) is 9.88. The second kappa shape index (κ2) is 9.01. The molecule has 168 valence electrons. The number of hydrogen-bond acceptors (Lipinski definition) is 6. The Morgan fingerprint density at radius 1 is 1.09 bits per heavy atom. The number of carbonyl (C=O) groups is 3. The zero-order valence-corrected chi connectivity index (χ0v) is 17.5. The van der Waals surface area contributed by atoms with E-state index in [1.807, 2.05) is 0 Å². The van der Waals surface area contributed by atoms with Crippen LogP contribution < -0.4 is 10.1 Å². The molecule has 0 aliphatic rings. The summed E-state index contributed by atoms with van der Waals surface area (Å²) < 4.78 is 6.57. The molecule has 1 amide bonds. The Labute approximate surface area is 190 Å². The van der Waals surface area contributed by atoms with E-state index in [1.54, 1.807) is 24.3 Å². The van der Waals surface area contributed by atoms with E-state index in [0.29, 0.717) is 22.6 Å². The molecule has 0 saturated heterocycles. The average Bonchev–Trinajstić information content (AvgIpc) is 3.37. The van der Waals surface area contributed by atoms with Gasteiger partial charge in [-0.15, -0.1) is 0 Å². The highest BCUT2D eigenvalue weighted by molar-refractivity contribution is 6.32. The van der Waals surface area contributed by atoms with Gasteiger partial charge in [0.05, 0.1) is 16.1 Å². The molecule has 0 aliphatic heterocycles. The van der Waals surface area contributed by atoms with E-state index < -0.39 is 24.5 Å². The molecule has 0 unspecified atom stereocenters. The van der Waals surface area contributed by atoms with Crippen molar-refractivity contribution in [2.75, 3.05) is 11.9 Å². The summed E-state index contributed by atoms with van der Waals surface area (Å²) in [5, 5.41) is 27.5. The third kappa shape index (κ3) is 4.77. The van der Waals surface area contributed by atoms with Gasteiger partial charge in [-0.05, 0) is 30.3 Å². The Kier molecular flexibility index (Phi) is 5.96. The van der Waals surface area contributed by atoms with Crippen molar-refractivity contribution in [3.63, 3.8) is 0 Å². The maximum absolute atomic E-state index is 12.6. The summed E-state index contributed by atoms with van der Waals surface area (Å²) in [6.45, 7) is -0.862. The van der Waals surface area contributed by atoms with Crippen LogP contribution in [0.2, 0.25) is 5.02 Å². The number of carbonyl (C=O) groups excluding carboxylic acids is 1. The van der Waals surface area contributed by atoms with Gasteiger partial charge >= 0.3 is 11.9 Å². The van der Waals surface area contributed by atoms with Crippen molar-refractivity contribution in [1.82, 2.24) is 19.7 Å². The van der Waals surface area contributed by atoms with Crippen LogP contribution >= 0.6 is 11.6 Å². The van der Waals surface area contributed by atoms with Crippen LogP contribution in [-0.4, -0.2) is 54.4 Å². The van der Waals surface area contributed by atoms with Crippen LogP contribution in [0.3, 0.4) is 0 Å². The largest absolute Gasteiger partial charge is 0.480 e. The van der Waals surface area contributed by atoms with Crippen molar-refractivity contribution < 1.29 is 29.3 Å². The summed E-state index contributed by atoms with van der Waals surface area (Å²) in [6, 6.07) is 12.8. The number of aromatic nitrogens is 4. The molecular formula is C21H16ClN5O6. The number of aromatic amines is 1. The predicted octanol–water partition coefficient (Wildman–Crippen LogP) is 2.88. The molecule has 33 heavy (non-hydrogen) atoms. The fourth-order valence-corrected chi connectivity index (χ4v) is 3.40. The van der Waals surface area contributed by atoms with E-state index in [9.17, 15) is 19.5 Å². The first-order valence-electron chi connectivity index (χ1n) is 9.50. The maximum atomic E-state index is 12.6. The standard InChI is InChI=1S/C21H16ClN5O6/c22-12-7-11(5-6-16(12)33-10-19(30)31)21(32)24-17-8-14(25-26-17)20-23-13-3-1-2-4-15(13)27(20)9-18(28)29/h1-8H,9-10H2,(H,28,29)(H,30,31)(H2,24,25,26,32). The molecule has 0 aliphatic carbocycles. The van der Waals surface area contributed by atoms with Gasteiger partial charge in [0, 0.05) is 11.6 Å². The number of carboxylic acid groups (broad SMARTS) is 2. The van der Waals surface area contributed by atoms with Gasteiger partial charge in [0.2, 0.25) is 0 Å². The van der Waals surface area contributed by atoms with E-state index in [1.165, 1.54) is 28.8 Å². The van der Waals surface area contributed by atoms with Crippen LogP contribution in [0.25, 0.3) is 22.6 Å². The van der Waals surface area contributed by atoms with Gasteiger partial charge in [-0.2, -0.15) is 5.10 Å². The van der Waals surface area contributed by atoms with Crippen LogP contribution in [0.1, 0.15) is 10.4 Å². The van der Waals surface area contributed by atoms with E-state index in [2.05, 4.69) is 20.5 Å². The lowest BCUT2D eigenvalue weighted by Crippen LogP contribution is -2.13. The SMILES string of the molecule is O=C(O)COc1ccc(C(=O)Nc2cc(-c3nc4ccccc4n3CC(=O)O)[nH]n2)cc1Cl. The number of aliphatic carboxylic acids is 2.